The van der Waals surface area contributed by atoms with Crippen molar-refractivity contribution in [3.05, 3.63) is 59.7 Å². The molecule has 0 aromatic heterocycles. The number of hydrogen-bond donors (Lipinski definition) is 1. The average molecular weight is 295 g/mol. The number of rotatable bonds is 3. The number of para-hydroxylation sites is 1. The van der Waals surface area contributed by atoms with Crippen LogP contribution in [-0.4, -0.2) is 42.5 Å². The standard InChI is InChI=1S/C18H21N3O/c1-15-6-8-17(9-7-15)20-10-12-21(13-11-20)19-14-16-4-2-3-5-18(16)22/h2-9,14,22H,10-13H2,1H3/b19-14-. The van der Waals surface area contributed by atoms with Gasteiger partial charge in [0.15, 0.2) is 0 Å². The van der Waals surface area contributed by atoms with E-state index in [-0.39, 0.29) is 5.75 Å². The van der Waals surface area contributed by atoms with E-state index < -0.39 is 0 Å². The normalized spacial score (nSPS) is 15.5. The molecule has 1 heterocycles. The number of hydrogen-bond acceptors (Lipinski definition) is 4. The zero-order valence-electron chi connectivity index (χ0n) is 12.8. The van der Waals surface area contributed by atoms with Gasteiger partial charge in [-0.3, -0.25) is 5.01 Å². The Morgan fingerprint density at radius 1 is 0.955 bits per heavy atom. The molecule has 4 heteroatoms. The topological polar surface area (TPSA) is 39.1 Å². The molecule has 2 aromatic carbocycles. The van der Waals surface area contributed by atoms with Crippen molar-refractivity contribution in [3.63, 3.8) is 0 Å². The summed E-state index contributed by atoms with van der Waals surface area (Å²) in [4.78, 5) is 2.38. The van der Waals surface area contributed by atoms with Crippen LogP contribution < -0.4 is 4.90 Å². The highest BCUT2D eigenvalue weighted by atomic mass is 16.3. The minimum Gasteiger partial charge on any atom is -0.507 e. The predicted octanol–water partition coefficient (Wildman–Crippen LogP) is 2.86. The third-order valence-corrected chi connectivity index (χ3v) is 3.95. The molecule has 22 heavy (non-hydrogen) atoms. The molecule has 0 unspecified atom stereocenters. The van der Waals surface area contributed by atoms with Gasteiger partial charge >= 0.3 is 0 Å². The largest absolute Gasteiger partial charge is 0.507 e. The molecule has 114 valence electrons. The lowest BCUT2D eigenvalue weighted by Crippen LogP contribution is -2.44. The first kappa shape index (κ1) is 14.4. The minimum atomic E-state index is 0.268. The molecule has 0 radical (unpaired) electrons. The maximum Gasteiger partial charge on any atom is 0.124 e. The summed E-state index contributed by atoms with van der Waals surface area (Å²) in [6.07, 6.45) is 1.73. The van der Waals surface area contributed by atoms with Crippen LogP contribution in [0.5, 0.6) is 5.75 Å². The maximum absolute atomic E-state index is 9.74. The molecule has 1 aliphatic heterocycles. The third-order valence-electron chi connectivity index (χ3n) is 3.95. The number of nitrogens with zero attached hydrogens (tertiary/aromatic N) is 3. The fraction of sp³-hybridized carbons (Fsp3) is 0.278. The molecular weight excluding hydrogens is 274 g/mol. The predicted molar refractivity (Wildman–Crippen MR) is 90.7 cm³/mol. The van der Waals surface area contributed by atoms with Crippen molar-refractivity contribution in [2.24, 2.45) is 5.10 Å². The number of anilines is 1. The van der Waals surface area contributed by atoms with Crippen LogP contribution in [0.25, 0.3) is 0 Å². The monoisotopic (exact) mass is 295 g/mol. The van der Waals surface area contributed by atoms with E-state index in [1.807, 2.05) is 18.2 Å². The highest BCUT2D eigenvalue weighted by molar-refractivity contribution is 5.82. The van der Waals surface area contributed by atoms with Gasteiger partial charge in [-0.25, -0.2) is 0 Å². The summed E-state index contributed by atoms with van der Waals surface area (Å²) in [5, 5.41) is 16.3. The minimum absolute atomic E-state index is 0.268. The summed E-state index contributed by atoms with van der Waals surface area (Å²) in [5.74, 6) is 0.268. The maximum atomic E-state index is 9.74. The molecule has 1 N–H and O–H groups in total. The van der Waals surface area contributed by atoms with E-state index in [9.17, 15) is 5.11 Å². The molecule has 0 saturated carbocycles. The molecule has 0 aliphatic carbocycles. The first-order chi connectivity index (χ1) is 10.7. The highest BCUT2D eigenvalue weighted by Gasteiger charge is 2.15. The Morgan fingerprint density at radius 2 is 1.64 bits per heavy atom. The molecular formula is C18H21N3O. The Hall–Kier alpha value is -2.49. The van der Waals surface area contributed by atoms with Crippen molar-refractivity contribution >= 4 is 11.9 Å². The van der Waals surface area contributed by atoms with Gasteiger partial charge in [-0.1, -0.05) is 29.8 Å². The lowest BCUT2D eigenvalue weighted by Gasteiger charge is -2.34. The van der Waals surface area contributed by atoms with Gasteiger partial charge in [0.25, 0.3) is 0 Å². The van der Waals surface area contributed by atoms with Gasteiger partial charge in [-0.2, -0.15) is 5.10 Å². The van der Waals surface area contributed by atoms with Crippen LogP contribution >= 0.6 is 0 Å². The van der Waals surface area contributed by atoms with Gasteiger partial charge in [0.1, 0.15) is 5.75 Å². The van der Waals surface area contributed by atoms with Gasteiger partial charge in [-0.15, -0.1) is 0 Å². The van der Waals surface area contributed by atoms with Gasteiger partial charge in [0.2, 0.25) is 0 Å². The lowest BCUT2D eigenvalue weighted by atomic mass is 10.2. The molecule has 4 nitrogen and oxygen atoms in total. The van der Waals surface area contributed by atoms with Crippen molar-refractivity contribution in [1.82, 2.24) is 5.01 Å². The van der Waals surface area contributed by atoms with Crippen LogP contribution in [-0.2, 0) is 0 Å². The van der Waals surface area contributed by atoms with Crippen molar-refractivity contribution < 1.29 is 5.11 Å². The molecule has 0 atom stereocenters. The zero-order valence-corrected chi connectivity index (χ0v) is 12.8. The second kappa shape index (κ2) is 6.52. The van der Waals surface area contributed by atoms with Crippen LogP contribution in [0, 0.1) is 6.92 Å². The second-order valence-electron chi connectivity index (χ2n) is 5.58. The number of phenolic OH excluding ortho intramolecular Hbond substituents is 1. The smallest absolute Gasteiger partial charge is 0.124 e. The fourth-order valence-electron chi connectivity index (χ4n) is 2.57. The van der Waals surface area contributed by atoms with E-state index in [4.69, 9.17) is 0 Å². The zero-order chi connectivity index (χ0) is 15.4. The fourth-order valence-corrected chi connectivity index (χ4v) is 2.57. The molecule has 1 fully saturated rings. The van der Waals surface area contributed by atoms with Crippen LogP contribution in [0.2, 0.25) is 0 Å². The van der Waals surface area contributed by atoms with Crippen molar-refractivity contribution in [1.29, 1.82) is 0 Å². The molecule has 0 amide bonds. The van der Waals surface area contributed by atoms with E-state index >= 15 is 0 Å². The Bertz CT molecular complexity index is 644. The Labute approximate surface area is 131 Å². The molecule has 0 spiro atoms. The molecule has 3 rings (SSSR count). The lowest BCUT2D eigenvalue weighted by molar-refractivity contribution is 0.272. The number of phenols is 1. The van der Waals surface area contributed by atoms with E-state index in [1.165, 1.54) is 11.3 Å². The highest BCUT2D eigenvalue weighted by Crippen LogP contribution is 2.17. The van der Waals surface area contributed by atoms with Crippen LogP contribution in [0.1, 0.15) is 11.1 Å². The first-order valence-corrected chi connectivity index (χ1v) is 7.61. The number of hydrazone groups is 1. The number of benzene rings is 2. The Morgan fingerprint density at radius 3 is 2.32 bits per heavy atom. The summed E-state index contributed by atoms with van der Waals surface area (Å²) in [7, 11) is 0. The molecule has 2 aromatic rings. The van der Waals surface area contributed by atoms with Crippen molar-refractivity contribution in [2.75, 3.05) is 31.1 Å². The van der Waals surface area contributed by atoms with Crippen molar-refractivity contribution in [3.8, 4) is 5.75 Å². The quantitative estimate of drug-likeness (QED) is 0.885. The summed E-state index contributed by atoms with van der Waals surface area (Å²) in [5.41, 5.74) is 3.31. The van der Waals surface area contributed by atoms with E-state index in [2.05, 4.69) is 46.2 Å². The van der Waals surface area contributed by atoms with Gasteiger partial charge in [0, 0.05) is 24.3 Å². The summed E-state index contributed by atoms with van der Waals surface area (Å²) < 4.78 is 0. The van der Waals surface area contributed by atoms with Crippen LogP contribution in [0.4, 0.5) is 5.69 Å². The number of piperazine rings is 1. The average Bonchev–Trinajstić information content (AvgIpc) is 2.55. The van der Waals surface area contributed by atoms with E-state index in [1.54, 1.807) is 12.3 Å². The molecule has 0 bridgehead atoms. The second-order valence-corrected chi connectivity index (χ2v) is 5.58. The van der Waals surface area contributed by atoms with Gasteiger partial charge in [0.05, 0.1) is 19.3 Å². The summed E-state index contributed by atoms with van der Waals surface area (Å²) in [6, 6.07) is 15.9. The van der Waals surface area contributed by atoms with Gasteiger partial charge < -0.3 is 10.0 Å². The Kier molecular flexibility index (Phi) is 4.28. The van der Waals surface area contributed by atoms with Crippen molar-refractivity contribution in [2.45, 2.75) is 6.92 Å². The molecule has 1 saturated heterocycles. The number of aryl methyl sites for hydroxylation is 1. The molecule has 1 aliphatic rings. The summed E-state index contributed by atoms with van der Waals surface area (Å²) >= 11 is 0. The van der Waals surface area contributed by atoms with E-state index in [0.29, 0.717) is 0 Å². The van der Waals surface area contributed by atoms with E-state index in [0.717, 1.165) is 31.7 Å². The summed E-state index contributed by atoms with van der Waals surface area (Å²) in [6.45, 7) is 5.80. The Balaban J connectivity index is 1.58. The van der Waals surface area contributed by atoms with Gasteiger partial charge in [-0.05, 0) is 31.2 Å². The van der Waals surface area contributed by atoms with Crippen LogP contribution in [0.3, 0.4) is 0 Å². The first-order valence-electron chi connectivity index (χ1n) is 7.61. The number of aromatic hydroxyl groups is 1. The third kappa shape index (κ3) is 3.39. The SMILES string of the molecule is Cc1ccc(N2CCN(/N=C\c3ccccc3O)CC2)cc1. The van der Waals surface area contributed by atoms with Crippen LogP contribution in [0.15, 0.2) is 53.6 Å².